The quantitative estimate of drug-likeness (QED) is 0.515. The Hall–Kier alpha value is -0.300. The number of benzene rings is 1. The molecule has 0 N–H and O–H groups in total. The summed E-state index contributed by atoms with van der Waals surface area (Å²) < 4.78 is 0. The van der Waals surface area contributed by atoms with Crippen LogP contribution in [0.3, 0.4) is 0 Å². The minimum atomic E-state index is 0. The predicted molar refractivity (Wildman–Crippen MR) is 48.2 cm³/mol. The molecule has 1 aromatic carbocycles. The Morgan fingerprint density at radius 3 is 2.33 bits per heavy atom. The average molecular weight is 165 g/mol. The van der Waals surface area contributed by atoms with Crippen molar-refractivity contribution in [3.8, 4) is 0 Å². The van der Waals surface area contributed by atoms with E-state index in [1.54, 1.807) is 0 Å². The zero-order chi connectivity index (χ0) is 7.52. The van der Waals surface area contributed by atoms with Gasteiger partial charge in [0.2, 0.25) is 0 Å². The third kappa shape index (κ3) is 2.10. The van der Waals surface area contributed by atoms with E-state index >= 15 is 0 Å². The fraction of sp³-hybridized carbons (Fsp3) is 0.0909. The van der Waals surface area contributed by atoms with E-state index in [-0.39, 0.29) is 29.6 Å². The summed E-state index contributed by atoms with van der Waals surface area (Å²) in [6.45, 7) is 0. The van der Waals surface area contributed by atoms with Crippen LogP contribution >= 0.6 is 0 Å². The van der Waals surface area contributed by atoms with Crippen LogP contribution in [0.1, 0.15) is 12.0 Å². The molecule has 0 nitrogen and oxygen atoms in total. The van der Waals surface area contributed by atoms with Gasteiger partial charge >= 0.3 is 29.6 Å². The molecule has 0 bridgehead atoms. The zero-order valence-electron chi connectivity index (χ0n) is 7.33. The topological polar surface area (TPSA) is 0 Å². The van der Waals surface area contributed by atoms with Gasteiger partial charge in [0, 0.05) is 0 Å². The first kappa shape index (κ1) is 9.79. The molecule has 0 aliphatic heterocycles. The van der Waals surface area contributed by atoms with E-state index in [0.717, 1.165) is 6.42 Å². The molecule has 2 rings (SSSR count). The van der Waals surface area contributed by atoms with Gasteiger partial charge in [-0.3, -0.25) is 0 Å². The van der Waals surface area contributed by atoms with Crippen molar-refractivity contribution in [2.24, 2.45) is 0 Å². The maximum atomic E-state index is 2.18. The molecule has 0 heterocycles. The zero-order valence-corrected chi connectivity index (χ0v) is 9.33. The predicted octanol–water partition coefficient (Wildman–Crippen LogP) is 0.0339. The standard InChI is InChI=1S/C11H10.Na/c1-2-6-10(7-3-1)11-8-4-5-9-11;/h1-8H,9H2;/q;+1. The van der Waals surface area contributed by atoms with Crippen LogP contribution in [0.5, 0.6) is 0 Å². The van der Waals surface area contributed by atoms with Gasteiger partial charge < -0.3 is 0 Å². The molecule has 1 aromatic rings. The summed E-state index contributed by atoms with van der Waals surface area (Å²) in [5.74, 6) is 0. The molecule has 0 saturated carbocycles. The van der Waals surface area contributed by atoms with Crippen molar-refractivity contribution in [3.05, 3.63) is 54.1 Å². The summed E-state index contributed by atoms with van der Waals surface area (Å²) in [6, 6.07) is 10.5. The second kappa shape index (κ2) is 4.66. The van der Waals surface area contributed by atoms with Crippen molar-refractivity contribution in [1.82, 2.24) is 0 Å². The van der Waals surface area contributed by atoms with E-state index in [9.17, 15) is 0 Å². The van der Waals surface area contributed by atoms with Crippen molar-refractivity contribution in [2.75, 3.05) is 0 Å². The molecule has 1 aliphatic carbocycles. The molecular formula is C11H10Na+. The maximum absolute atomic E-state index is 2.18. The molecule has 54 valence electrons. The van der Waals surface area contributed by atoms with Crippen LogP contribution in [0.4, 0.5) is 0 Å². The van der Waals surface area contributed by atoms with Crippen LogP contribution < -0.4 is 29.6 Å². The van der Waals surface area contributed by atoms with E-state index in [1.165, 1.54) is 11.1 Å². The summed E-state index contributed by atoms with van der Waals surface area (Å²) in [5.41, 5.74) is 2.77. The molecule has 0 aromatic heterocycles. The number of hydrogen-bond acceptors (Lipinski definition) is 0. The minimum Gasteiger partial charge on any atom is -0.0801 e. The average Bonchev–Trinajstić information content (AvgIpc) is 2.58. The fourth-order valence-corrected chi connectivity index (χ4v) is 1.31. The Morgan fingerprint density at radius 2 is 1.75 bits per heavy atom. The fourth-order valence-electron chi connectivity index (χ4n) is 1.31. The van der Waals surface area contributed by atoms with E-state index in [2.05, 4.69) is 42.5 Å². The SMILES string of the molecule is C1=CCC(c2ccccc2)=C1.[Na+]. The molecule has 0 radical (unpaired) electrons. The first-order valence-corrected chi connectivity index (χ1v) is 3.88. The smallest absolute Gasteiger partial charge is 0.0801 e. The van der Waals surface area contributed by atoms with Crippen LogP contribution in [-0.2, 0) is 0 Å². The van der Waals surface area contributed by atoms with Gasteiger partial charge in [-0.25, -0.2) is 0 Å². The van der Waals surface area contributed by atoms with Crippen molar-refractivity contribution < 1.29 is 29.6 Å². The monoisotopic (exact) mass is 165 g/mol. The van der Waals surface area contributed by atoms with Gasteiger partial charge in [-0.15, -0.1) is 0 Å². The largest absolute Gasteiger partial charge is 1.00 e. The minimum absolute atomic E-state index is 0. The van der Waals surface area contributed by atoms with Crippen LogP contribution in [0.15, 0.2) is 48.6 Å². The van der Waals surface area contributed by atoms with Crippen molar-refractivity contribution in [3.63, 3.8) is 0 Å². The Labute approximate surface area is 95.3 Å². The van der Waals surface area contributed by atoms with Crippen molar-refractivity contribution in [1.29, 1.82) is 0 Å². The molecule has 12 heavy (non-hydrogen) atoms. The second-order valence-electron chi connectivity index (χ2n) is 2.69. The Bertz CT molecular complexity index is 296. The molecule has 0 amide bonds. The maximum Gasteiger partial charge on any atom is 1.00 e. The van der Waals surface area contributed by atoms with Gasteiger partial charge in [-0.05, 0) is 17.6 Å². The van der Waals surface area contributed by atoms with Crippen LogP contribution in [-0.4, -0.2) is 0 Å². The van der Waals surface area contributed by atoms with Gasteiger partial charge in [0.25, 0.3) is 0 Å². The number of rotatable bonds is 1. The molecular weight excluding hydrogens is 155 g/mol. The van der Waals surface area contributed by atoms with Gasteiger partial charge in [-0.2, -0.15) is 0 Å². The second-order valence-corrected chi connectivity index (χ2v) is 2.69. The molecule has 1 aliphatic rings. The third-order valence-electron chi connectivity index (χ3n) is 1.92. The first-order chi connectivity index (χ1) is 5.47. The Morgan fingerprint density at radius 1 is 1.00 bits per heavy atom. The van der Waals surface area contributed by atoms with E-state index < -0.39 is 0 Å². The molecule has 0 fully saturated rings. The Kier molecular flexibility index (Phi) is 3.80. The molecule has 0 unspecified atom stereocenters. The first-order valence-electron chi connectivity index (χ1n) is 3.88. The molecule has 0 atom stereocenters. The van der Waals surface area contributed by atoms with Crippen LogP contribution in [0.2, 0.25) is 0 Å². The van der Waals surface area contributed by atoms with Crippen LogP contribution in [0, 0.1) is 0 Å². The van der Waals surface area contributed by atoms with E-state index in [0.29, 0.717) is 0 Å². The normalized spacial score (nSPS) is 13.8. The van der Waals surface area contributed by atoms with Crippen molar-refractivity contribution in [2.45, 2.75) is 6.42 Å². The summed E-state index contributed by atoms with van der Waals surface area (Å²) in [7, 11) is 0. The summed E-state index contributed by atoms with van der Waals surface area (Å²) in [4.78, 5) is 0. The van der Waals surface area contributed by atoms with E-state index in [4.69, 9.17) is 0 Å². The molecule has 0 saturated heterocycles. The molecule has 1 heteroatoms. The van der Waals surface area contributed by atoms with Gasteiger partial charge in [0.05, 0.1) is 0 Å². The number of hydrogen-bond donors (Lipinski definition) is 0. The third-order valence-corrected chi connectivity index (χ3v) is 1.92. The Balaban J connectivity index is 0.000000720. The number of allylic oxidation sites excluding steroid dienone is 4. The summed E-state index contributed by atoms with van der Waals surface area (Å²) in [5, 5.41) is 0. The molecule has 0 spiro atoms. The van der Waals surface area contributed by atoms with Gasteiger partial charge in [-0.1, -0.05) is 48.6 Å². The van der Waals surface area contributed by atoms with Gasteiger partial charge in [0.15, 0.2) is 0 Å². The van der Waals surface area contributed by atoms with Crippen LogP contribution in [0.25, 0.3) is 5.57 Å². The van der Waals surface area contributed by atoms with Crippen molar-refractivity contribution >= 4 is 5.57 Å². The summed E-state index contributed by atoms with van der Waals surface area (Å²) >= 11 is 0. The van der Waals surface area contributed by atoms with Gasteiger partial charge in [0.1, 0.15) is 0 Å². The van der Waals surface area contributed by atoms with E-state index in [1.807, 2.05) is 6.07 Å². The summed E-state index contributed by atoms with van der Waals surface area (Å²) in [6.07, 6.45) is 7.56.